The zero-order chi connectivity index (χ0) is 18.5. The van der Waals surface area contributed by atoms with E-state index in [0.717, 1.165) is 56.2 Å². The van der Waals surface area contributed by atoms with Gasteiger partial charge in [-0.25, -0.2) is 4.98 Å². The number of guanidine groups is 1. The Kier molecular flexibility index (Phi) is 7.76. The molecule has 2 atom stereocenters. The third-order valence-electron chi connectivity index (χ3n) is 6.18. The van der Waals surface area contributed by atoms with E-state index in [1.807, 2.05) is 13.2 Å². The molecule has 0 amide bonds. The van der Waals surface area contributed by atoms with Crippen molar-refractivity contribution in [3.63, 3.8) is 0 Å². The van der Waals surface area contributed by atoms with E-state index in [1.165, 1.54) is 31.2 Å². The van der Waals surface area contributed by atoms with Crippen molar-refractivity contribution in [2.24, 2.45) is 16.8 Å². The normalized spacial score (nSPS) is 21.9. The van der Waals surface area contributed by atoms with Gasteiger partial charge in [0.1, 0.15) is 5.82 Å². The van der Waals surface area contributed by atoms with Crippen LogP contribution < -0.4 is 5.32 Å². The average molecular weight is 493 g/mol. The van der Waals surface area contributed by atoms with E-state index in [-0.39, 0.29) is 24.0 Å². The van der Waals surface area contributed by atoms with Gasteiger partial charge in [0, 0.05) is 39.1 Å². The van der Waals surface area contributed by atoms with Crippen LogP contribution in [0.3, 0.4) is 0 Å². The Morgan fingerprint density at radius 1 is 1.14 bits per heavy atom. The van der Waals surface area contributed by atoms with Crippen LogP contribution in [0, 0.1) is 11.8 Å². The average Bonchev–Trinajstić information content (AvgIpc) is 3.34. The van der Waals surface area contributed by atoms with Gasteiger partial charge in [-0.05, 0) is 36.7 Å². The fourth-order valence-corrected chi connectivity index (χ4v) is 4.67. The highest BCUT2D eigenvalue weighted by Crippen LogP contribution is 2.35. The maximum absolute atomic E-state index is 4.56. The van der Waals surface area contributed by atoms with Gasteiger partial charge in [0.05, 0.1) is 6.54 Å². The van der Waals surface area contributed by atoms with E-state index in [9.17, 15) is 0 Å². The summed E-state index contributed by atoms with van der Waals surface area (Å²) in [6.07, 6.45) is 10.6. The van der Waals surface area contributed by atoms with E-state index in [4.69, 9.17) is 0 Å². The summed E-state index contributed by atoms with van der Waals surface area (Å²) in [4.78, 5) is 11.6. The van der Waals surface area contributed by atoms with Crippen LogP contribution in [-0.4, -0.2) is 40.5 Å². The first-order chi connectivity index (χ1) is 13.3. The number of aliphatic imine (C=N–C) groups is 1. The third-order valence-corrected chi connectivity index (χ3v) is 6.18. The molecular formula is C22H32IN5. The molecule has 1 saturated heterocycles. The van der Waals surface area contributed by atoms with Crippen molar-refractivity contribution in [2.75, 3.05) is 20.1 Å². The number of nitrogens with one attached hydrogen (secondary N) is 1. The molecule has 152 valence electrons. The molecule has 2 aliphatic rings. The van der Waals surface area contributed by atoms with Gasteiger partial charge in [0.25, 0.3) is 0 Å². The van der Waals surface area contributed by atoms with Gasteiger partial charge in [0.2, 0.25) is 0 Å². The molecule has 2 fully saturated rings. The SMILES string of the molecule is CN=C(NCc1nccn1CCc1ccccc1)N1CC2CCCCC2C1.I. The molecule has 0 radical (unpaired) electrons. The highest BCUT2D eigenvalue weighted by molar-refractivity contribution is 14.0. The third kappa shape index (κ3) is 5.07. The first kappa shape index (κ1) is 21.1. The van der Waals surface area contributed by atoms with Crippen LogP contribution in [0.25, 0.3) is 0 Å². The van der Waals surface area contributed by atoms with E-state index < -0.39 is 0 Å². The lowest BCUT2D eigenvalue weighted by Crippen LogP contribution is -2.40. The summed E-state index contributed by atoms with van der Waals surface area (Å²) in [5, 5.41) is 3.55. The maximum atomic E-state index is 4.56. The van der Waals surface area contributed by atoms with Crippen LogP contribution in [0.15, 0.2) is 47.7 Å². The molecule has 1 N–H and O–H groups in total. The van der Waals surface area contributed by atoms with Crippen molar-refractivity contribution >= 4 is 29.9 Å². The summed E-state index contributed by atoms with van der Waals surface area (Å²) in [5.41, 5.74) is 1.36. The number of benzene rings is 1. The number of aromatic nitrogens is 2. The fourth-order valence-electron chi connectivity index (χ4n) is 4.67. The smallest absolute Gasteiger partial charge is 0.194 e. The van der Waals surface area contributed by atoms with Gasteiger partial charge in [0.15, 0.2) is 5.96 Å². The molecule has 1 aliphatic carbocycles. The molecule has 1 aliphatic heterocycles. The number of imidazole rings is 1. The Morgan fingerprint density at radius 2 is 1.86 bits per heavy atom. The van der Waals surface area contributed by atoms with E-state index in [2.05, 4.69) is 61.3 Å². The van der Waals surface area contributed by atoms with E-state index in [0.29, 0.717) is 0 Å². The molecule has 4 rings (SSSR count). The number of likely N-dealkylation sites (tertiary alicyclic amines) is 1. The van der Waals surface area contributed by atoms with Gasteiger partial charge in [-0.2, -0.15) is 0 Å². The number of rotatable bonds is 5. The second-order valence-corrected chi connectivity index (χ2v) is 7.88. The highest BCUT2D eigenvalue weighted by atomic mass is 127. The Labute approximate surface area is 185 Å². The van der Waals surface area contributed by atoms with Crippen molar-refractivity contribution in [3.8, 4) is 0 Å². The van der Waals surface area contributed by atoms with Crippen LogP contribution in [0.2, 0.25) is 0 Å². The molecule has 5 nitrogen and oxygen atoms in total. The standard InChI is InChI=1S/C22H31N5.HI/c1-23-22(27-16-19-9-5-6-10-20(19)17-27)25-15-21-24-12-14-26(21)13-11-18-7-3-2-4-8-18;/h2-4,7-8,12,14,19-20H,5-6,9-11,13,15-17H2,1H3,(H,23,25);1H. The lowest BCUT2D eigenvalue weighted by atomic mass is 9.82. The van der Waals surface area contributed by atoms with Gasteiger partial charge in [-0.1, -0.05) is 43.2 Å². The summed E-state index contributed by atoms with van der Waals surface area (Å²) in [6, 6.07) is 10.6. The molecule has 28 heavy (non-hydrogen) atoms. The predicted octanol–water partition coefficient (Wildman–Crippen LogP) is 3.94. The molecule has 0 spiro atoms. The minimum atomic E-state index is 0. The largest absolute Gasteiger partial charge is 0.349 e. The molecular weight excluding hydrogens is 461 g/mol. The molecule has 0 bridgehead atoms. The van der Waals surface area contributed by atoms with Gasteiger partial charge < -0.3 is 14.8 Å². The van der Waals surface area contributed by atoms with Crippen LogP contribution in [0.1, 0.15) is 37.1 Å². The summed E-state index contributed by atoms with van der Waals surface area (Å²) in [6.45, 7) is 3.99. The zero-order valence-corrected chi connectivity index (χ0v) is 19.1. The second-order valence-electron chi connectivity index (χ2n) is 7.88. The fraction of sp³-hybridized carbons (Fsp3) is 0.545. The summed E-state index contributed by atoms with van der Waals surface area (Å²) >= 11 is 0. The number of hydrogen-bond acceptors (Lipinski definition) is 2. The number of aryl methyl sites for hydroxylation is 2. The monoisotopic (exact) mass is 493 g/mol. The van der Waals surface area contributed by atoms with Gasteiger partial charge in [-0.3, -0.25) is 4.99 Å². The predicted molar refractivity (Wildman–Crippen MR) is 125 cm³/mol. The second kappa shape index (κ2) is 10.3. The van der Waals surface area contributed by atoms with Crippen molar-refractivity contribution in [1.82, 2.24) is 19.8 Å². The molecule has 1 aromatic carbocycles. The lowest BCUT2D eigenvalue weighted by Gasteiger charge is -2.22. The minimum Gasteiger partial charge on any atom is -0.349 e. The Balaban J connectivity index is 0.00000225. The van der Waals surface area contributed by atoms with E-state index in [1.54, 1.807) is 0 Å². The maximum Gasteiger partial charge on any atom is 0.194 e. The van der Waals surface area contributed by atoms with Crippen LogP contribution in [-0.2, 0) is 19.5 Å². The number of nitrogens with zero attached hydrogens (tertiary/aromatic N) is 4. The molecule has 2 unspecified atom stereocenters. The highest BCUT2D eigenvalue weighted by Gasteiger charge is 2.35. The summed E-state index contributed by atoms with van der Waals surface area (Å²) < 4.78 is 2.25. The summed E-state index contributed by atoms with van der Waals surface area (Å²) in [7, 11) is 1.90. The van der Waals surface area contributed by atoms with Crippen molar-refractivity contribution in [1.29, 1.82) is 0 Å². The topological polar surface area (TPSA) is 45.5 Å². The Hall–Kier alpha value is -1.57. The zero-order valence-electron chi connectivity index (χ0n) is 16.8. The minimum absolute atomic E-state index is 0. The van der Waals surface area contributed by atoms with Crippen LogP contribution in [0.5, 0.6) is 0 Å². The quantitative estimate of drug-likeness (QED) is 0.390. The van der Waals surface area contributed by atoms with Crippen molar-refractivity contribution in [3.05, 3.63) is 54.1 Å². The first-order valence-electron chi connectivity index (χ1n) is 10.3. The summed E-state index contributed by atoms with van der Waals surface area (Å²) in [5.74, 6) is 3.83. The molecule has 6 heteroatoms. The number of hydrogen-bond donors (Lipinski definition) is 1. The van der Waals surface area contributed by atoms with Gasteiger partial charge in [-0.15, -0.1) is 24.0 Å². The molecule has 2 heterocycles. The molecule has 2 aromatic rings. The van der Waals surface area contributed by atoms with Crippen LogP contribution in [0.4, 0.5) is 0 Å². The number of fused-ring (bicyclic) bond motifs is 1. The first-order valence-corrected chi connectivity index (χ1v) is 10.3. The van der Waals surface area contributed by atoms with Crippen LogP contribution >= 0.6 is 24.0 Å². The van der Waals surface area contributed by atoms with Crippen molar-refractivity contribution < 1.29 is 0 Å². The molecule has 1 saturated carbocycles. The Morgan fingerprint density at radius 3 is 2.54 bits per heavy atom. The molecule has 1 aromatic heterocycles. The van der Waals surface area contributed by atoms with Gasteiger partial charge >= 0.3 is 0 Å². The lowest BCUT2D eigenvalue weighted by molar-refractivity contribution is 0.299. The van der Waals surface area contributed by atoms with Crippen molar-refractivity contribution in [2.45, 2.75) is 45.2 Å². The number of halogens is 1. The van der Waals surface area contributed by atoms with E-state index >= 15 is 0 Å². The Bertz CT molecular complexity index is 743.